The lowest BCUT2D eigenvalue weighted by Crippen LogP contribution is -2.29. The summed E-state index contributed by atoms with van der Waals surface area (Å²) in [6.45, 7) is 0. The third-order valence-electron chi connectivity index (χ3n) is 6.21. The van der Waals surface area contributed by atoms with Crippen molar-refractivity contribution in [1.82, 2.24) is 15.0 Å². The summed E-state index contributed by atoms with van der Waals surface area (Å²) in [7, 11) is -0.862. The maximum absolute atomic E-state index is 13.5. The van der Waals surface area contributed by atoms with Crippen LogP contribution in [-0.4, -0.2) is 40.4 Å². The number of aromatic nitrogens is 3. The first-order valence-corrected chi connectivity index (χ1v) is 13.3. The summed E-state index contributed by atoms with van der Waals surface area (Å²) in [6.07, 6.45) is 6.32. The number of anilines is 2. The van der Waals surface area contributed by atoms with Gasteiger partial charge in [-0.2, -0.15) is 0 Å². The average Bonchev–Trinajstić information content (AvgIpc) is 3.26. The topological polar surface area (TPSA) is 106 Å². The Morgan fingerprint density at radius 1 is 1.21 bits per heavy atom. The van der Waals surface area contributed by atoms with E-state index in [0.29, 0.717) is 40.4 Å². The van der Waals surface area contributed by atoms with Crippen LogP contribution in [0.4, 0.5) is 11.6 Å². The van der Waals surface area contributed by atoms with Gasteiger partial charge in [0.05, 0.1) is 29.7 Å². The van der Waals surface area contributed by atoms with Crippen LogP contribution in [0, 0.1) is 0 Å². The zero-order chi connectivity index (χ0) is 23.0. The number of para-hydroxylation sites is 1. The molecule has 0 aliphatic carbocycles. The second kappa shape index (κ2) is 8.82. The number of nitrogens with one attached hydrogen (secondary N) is 2. The van der Waals surface area contributed by atoms with Gasteiger partial charge in [0.15, 0.2) is 0 Å². The van der Waals surface area contributed by atoms with E-state index in [9.17, 15) is 4.57 Å². The van der Waals surface area contributed by atoms with Crippen molar-refractivity contribution < 1.29 is 9.30 Å². The summed E-state index contributed by atoms with van der Waals surface area (Å²) in [6, 6.07) is 13.7. The van der Waals surface area contributed by atoms with E-state index in [1.807, 2.05) is 48.7 Å². The minimum absolute atomic E-state index is 0.142. The van der Waals surface area contributed by atoms with Crippen molar-refractivity contribution in [1.29, 1.82) is 0 Å². The van der Waals surface area contributed by atoms with Crippen LogP contribution in [0.15, 0.2) is 54.9 Å². The molecule has 4 aromatic rings. The summed E-state index contributed by atoms with van der Waals surface area (Å²) in [5.41, 5.74) is 9.23. The standard InChI is InChI=1S/C24H25ClN5O2P/c1-32-22-12-16(33(31)10-8-15(26)9-11-33)6-7-21(22)29-24-28-14-19(25)23(30-24)18-13-27-20-5-3-2-4-17(18)20/h2-7,12-15,27H,8-11,26H2,1H3,(H,28,29,30). The molecule has 1 saturated heterocycles. The highest BCUT2D eigenvalue weighted by Gasteiger charge is 2.31. The van der Waals surface area contributed by atoms with E-state index in [0.717, 1.165) is 34.6 Å². The molecule has 9 heteroatoms. The molecule has 0 bridgehead atoms. The number of H-pyrrole nitrogens is 1. The second-order valence-corrected chi connectivity index (χ2v) is 11.9. The van der Waals surface area contributed by atoms with Gasteiger partial charge in [-0.15, -0.1) is 0 Å². The van der Waals surface area contributed by atoms with Gasteiger partial charge in [-0.25, -0.2) is 9.97 Å². The molecule has 0 saturated carbocycles. The number of ether oxygens (including phenoxy) is 1. The van der Waals surface area contributed by atoms with Crippen molar-refractivity contribution in [3.05, 3.63) is 59.9 Å². The molecule has 4 N–H and O–H groups in total. The van der Waals surface area contributed by atoms with Crippen molar-refractivity contribution in [3.8, 4) is 17.0 Å². The molecule has 0 atom stereocenters. The quantitative estimate of drug-likeness (QED) is 0.341. The molecule has 0 amide bonds. The first-order chi connectivity index (χ1) is 16.0. The molecule has 2 aromatic carbocycles. The van der Waals surface area contributed by atoms with Crippen LogP contribution < -0.4 is 21.1 Å². The molecule has 33 heavy (non-hydrogen) atoms. The Morgan fingerprint density at radius 3 is 2.79 bits per heavy atom. The highest BCUT2D eigenvalue weighted by Crippen LogP contribution is 2.50. The van der Waals surface area contributed by atoms with Crippen molar-refractivity contribution in [3.63, 3.8) is 0 Å². The number of nitrogens with two attached hydrogens (primary N) is 1. The zero-order valence-electron chi connectivity index (χ0n) is 18.2. The fourth-order valence-electron chi connectivity index (χ4n) is 4.30. The maximum Gasteiger partial charge on any atom is 0.227 e. The average molecular weight is 482 g/mol. The van der Waals surface area contributed by atoms with Gasteiger partial charge < -0.3 is 25.3 Å². The molecule has 5 rings (SSSR count). The van der Waals surface area contributed by atoms with Crippen molar-refractivity contribution in [2.45, 2.75) is 18.9 Å². The fourth-order valence-corrected chi connectivity index (χ4v) is 7.43. The predicted molar refractivity (Wildman–Crippen MR) is 135 cm³/mol. The second-order valence-electron chi connectivity index (χ2n) is 8.32. The van der Waals surface area contributed by atoms with Crippen LogP contribution in [0.1, 0.15) is 12.8 Å². The fraction of sp³-hybridized carbons (Fsp3) is 0.250. The Balaban J connectivity index is 1.46. The molecule has 2 aromatic heterocycles. The number of benzene rings is 2. The van der Waals surface area contributed by atoms with Crippen molar-refractivity contribution >= 4 is 46.6 Å². The van der Waals surface area contributed by atoms with Gasteiger partial charge in [0.2, 0.25) is 5.95 Å². The largest absolute Gasteiger partial charge is 0.495 e. The van der Waals surface area contributed by atoms with Gasteiger partial charge in [0.25, 0.3) is 0 Å². The van der Waals surface area contributed by atoms with Gasteiger partial charge in [0.1, 0.15) is 12.9 Å². The molecular formula is C24H25ClN5O2P. The molecule has 7 nitrogen and oxygen atoms in total. The minimum Gasteiger partial charge on any atom is -0.495 e. The van der Waals surface area contributed by atoms with E-state index in [1.165, 1.54) is 0 Å². The van der Waals surface area contributed by atoms with E-state index in [-0.39, 0.29) is 6.04 Å². The third-order valence-corrected chi connectivity index (χ3v) is 9.67. The molecule has 0 unspecified atom stereocenters. The molecule has 3 heterocycles. The highest BCUT2D eigenvalue weighted by molar-refractivity contribution is 7.71. The van der Waals surface area contributed by atoms with Gasteiger partial charge >= 0.3 is 0 Å². The first kappa shape index (κ1) is 22.0. The smallest absolute Gasteiger partial charge is 0.227 e. The van der Waals surface area contributed by atoms with Crippen LogP contribution >= 0.6 is 18.7 Å². The molecule has 170 valence electrons. The monoisotopic (exact) mass is 481 g/mol. The van der Waals surface area contributed by atoms with E-state index in [4.69, 9.17) is 22.1 Å². The number of methoxy groups -OCH3 is 1. The van der Waals surface area contributed by atoms with E-state index < -0.39 is 7.14 Å². The summed E-state index contributed by atoms with van der Waals surface area (Å²) in [5.74, 6) is 0.978. The Bertz CT molecular complexity index is 1360. The SMILES string of the molecule is COc1cc(P2(=O)CCC(N)CC2)ccc1Nc1ncc(Cl)c(-c2c[nH]c3ccccc23)n1. The Morgan fingerprint density at radius 2 is 2.00 bits per heavy atom. The number of halogens is 1. The van der Waals surface area contributed by atoms with Crippen LogP contribution in [0.3, 0.4) is 0 Å². The molecular weight excluding hydrogens is 457 g/mol. The number of hydrogen-bond acceptors (Lipinski definition) is 6. The van der Waals surface area contributed by atoms with Gasteiger partial charge in [-0.1, -0.05) is 29.8 Å². The van der Waals surface area contributed by atoms with Crippen molar-refractivity contribution in [2.75, 3.05) is 24.8 Å². The van der Waals surface area contributed by atoms with Crippen LogP contribution in [0.5, 0.6) is 5.75 Å². The van der Waals surface area contributed by atoms with Gasteiger partial charge in [-0.3, -0.25) is 0 Å². The molecule has 1 aliphatic heterocycles. The Hall–Kier alpha value is -2.86. The van der Waals surface area contributed by atoms with E-state index in [1.54, 1.807) is 13.3 Å². The zero-order valence-corrected chi connectivity index (χ0v) is 19.9. The van der Waals surface area contributed by atoms with Crippen LogP contribution in [0.2, 0.25) is 5.02 Å². The number of fused-ring (bicyclic) bond motifs is 1. The molecule has 1 aliphatic rings. The molecule has 0 radical (unpaired) electrons. The van der Waals surface area contributed by atoms with Crippen LogP contribution in [0.25, 0.3) is 22.2 Å². The number of rotatable bonds is 5. The lowest BCUT2D eigenvalue weighted by molar-refractivity contribution is 0.417. The molecule has 1 fully saturated rings. The predicted octanol–water partition coefficient (Wildman–Crippen LogP) is 5.14. The first-order valence-electron chi connectivity index (χ1n) is 10.9. The van der Waals surface area contributed by atoms with Gasteiger partial charge in [0, 0.05) is 46.3 Å². The minimum atomic E-state index is -2.46. The van der Waals surface area contributed by atoms with E-state index in [2.05, 4.69) is 20.3 Å². The Kier molecular flexibility index (Phi) is 5.87. The lowest BCUT2D eigenvalue weighted by atomic mass is 10.1. The number of hydrogen-bond donors (Lipinski definition) is 3. The normalized spacial score (nSPS) is 20.6. The Labute approximate surface area is 197 Å². The lowest BCUT2D eigenvalue weighted by Gasteiger charge is -2.27. The van der Waals surface area contributed by atoms with Crippen LogP contribution in [-0.2, 0) is 4.57 Å². The summed E-state index contributed by atoms with van der Waals surface area (Å²) >= 11 is 6.45. The van der Waals surface area contributed by atoms with Gasteiger partial charge in [-0.05, 0) is 37.1 Å². The molecule has 0 spiro atoms. The van der Waals surface area contributed by atoms with E-state index >= 15 is 0 Å². The highest BCUT2D eigenvalue weighted by atomic mass is 35.5. The van der Waals surface area contributed by atoms with Crippen molar-refractivity contribution in [2.24, 2.45) is 5.73 Å². The third kappa shape index (κ3) is 4.24. The summed E-state index contributed by atoms with van der Waals surface area (Å²) < 4.78 is 19.1. The number of nitrogens with zero attached hydrogens (tertiary/aromatic N) is 2. The number of aromatic amines is 1. The summed E-state index contributed by atoms with van der Waals surface area (Å²) in [5, 5.41) is 5.54. The summed E-state index contributed by atoms with van der Waals surface area (Å²) in [4.78, 5) is 12.3. The maximum atomic E-state index is 13.5.